The second-order valence-electron chi connectivity index (χ2n) is 10.6. The van der Waals surface area contributed by atoms with E-state index in [9.17, 15) is 14.4 Å². The lowest BCUT2D eigenvalue weighted by Crippen LogP contribution is -2.60. The van der Waals surface area contributed by atoms with Gasteiger partial charge in [-0.15, -0.1) is 0 Å². The van der Waals surface area contributed by atoms with E-state index in [0.29, 0.717) is 31.4 Å². The fraction of sp³-hybridized carbons (Fsp3) is 0.654. The number of piperazine rings is 1. The van der Waals surface area contributed by atoms with Crippen molar-refractivity contribution in [2.75, 3.05) is 44.2 Å². The topological polar surface area (TPSA) is 82.2 Å². The van der Waals surface area contributed by atoms with Gasteiger partial charge in [-0.25, -0.2) is 0 Å². The molecule has 2 atom stereocenters. The highest BCUT2D eigenvalue weighted by Gasteiger charge is 2.53. The smallest absolute Gasteiger partial charge is 0.252 e. The summed E-state index contributed by atoms with van der Waals surface area (Å²) < 4.78 is 5.56. The number of fused-ring (bicyclic) bond motifs is 1. The van der Waals surface area contributed by atoms with Crippen LogP contribution in [0.2, 0.25) is 0 Å². The molecule has 0 bridgehead atoms. The molecule has 1 N–H and O–H groups in total. The molecule has 0 spiro atoms. The highest BCUT2D eigenvalue weighted by atomic mass is 16.5. The van der Waals surface area contributed by atoms with E-state index in [1.54, 1.807) is 4.90 Å². The van der Waals surface area contributed by atoms with Crippen LogP contribution in [0.3, 0.4) is 0 Å². The van der Waals surface area contributed by atoms with E-state index in [4.69, 9.17) is 4.74 Å². The first-order valence-electron chi connectivity index (χ1n) is 12.9. The lowest BCUT2D eigenvalue weighted by molar-refractivity contribution is -0.142. The van der Waals surface area contributed by atoms with Gasteiger partial charge in [0.1, 0.15) is 18.2 Å². The number of rotatable bonds is 5. The van der Waals surface area contributed by atoms with Crippen LogP contribution < -0.4 is 10.2 Å². The maximum atomic E-state index is 13.7. The summed E-state index contributed by atoms with van der Waals surface area (Å²) in [6.07, 6.45) is 6.20. The zero-order valence-electron chi connectivity index (χ0n) is 19.7. The van der Waals surface area contributed by atoms with Crippen LogP contribution in [0.4, 0.5) is 5.69 Å². The number of ether oxygens (including phenoxy) is 1. The van der Waals surface area contributed by atoms with Crippen LogP contribution in [-0.4, -0.2) is 90.5 Å². The molecule has 8 heteroatoms. The van der Waals surface area contributed by atoms with Crippen molar-refractivity contribution in [3.8, 4) is 0 Å². The Hall–Kier alpha value is -2.45. The number of hydrogen-bond donors (Lipinski definition) is 1. The first kappa shape index (κ1) is 22.0. The number of amides is 2. The summed E-state index contributed by atoms with van der Waals surface area (Å²) in [6.45, 7) is 4.83. The number of nitrogens with one attached hydrogen (secondary N) is 1. The van der Waals surface area contributed by atoms with Crippen molar-refractivity contribution in [1.82, 2.24) is 15.1 Å². The zero-order chi connectivity index (χ0) is 23.3. The fourth-order valence-corrected chi connectivity index (χ4v) is 6.37. The Morgan fingerprint density at radius 1 is 0.941 bits per heavy atom. The van der Waals surface area contributed by atoms with Crippen molar-refractivity contribution >= 4 is 23.3 Å². The Morgan fingerprint density at radius 2 is 1.65 bits per heavy atom. The minimum Gasteiger partial charge on any atom is -0.369 e. The number of ketones is 1. The predicted octanol–water partition coefficient (Wildman–Crippen LogP) is 1.58. The van der Waals surface area contributed by atoms with E-state index < -0.39 is 11.6 Å². The molecular formula is C26H34N4O4. The van der Waals surface area contributed by atoms with E-state index in [1.165, 1.54) is 12.8 Å². The number of nitrogens with zero attached hydrogens (tertiary/aromatic N) is 3. The van der Waals surface area contributed by atoms with Crippen molar-refractivity contribution in [1.29, 1.82) is 0 Å². The van der Waals surface area contributed by atoms with Gasteiger partial charge in [0.05, 0.1) is 6.10 Å². The molecule has 182 valence electrons. The SMILES string of the molecule is O=C(NC1(C(=O)N2CC[C@H]3OCC(=O)[C@H]32)CCCC1)c1ccc(N2CCN(C3CC3)CC2)cc1. The van der Waals surface area contributed by atoms with Crippen LogP contribution in [0.15, 0.2) is 24.3 Å². The van der Waals surface area contributed by atoms with E-state index in [1.807, 2.05) is 24.3 Å². The van der Waals surface area contributed by atoms with E-state index in [-0.39, 0.29) is 30.3 Å². The summed E-state index contributed by atoms with van der Waals surface area (Å²) in [5.41, 5.74) is 0.785. The van der Waals surface area contributed by atoms with Crippen molar-refractivity contribution in [3.63, 3.8) is 0 Å². The van der Waals surface area contributed by atoms with Gasteiger partial charge in [-0.05, 0) is 56.4 Å². The number of carbonyl (C=O) groups is 3. The zero-order valence-corrected chi connectivity index (χ0v) is 19.7. The van der Waals surface area contributed by atoms with Gasteiger partial charge in [-0.2, -0.15) is 0 Å². The van der Waals surface area contributed by atoms with Gasteiger partial charge in [0.15, 0.2) is 5.78 Å². The lowest BCUT2D eigenvalue weighted by Gasteiger charge is -2.36. The monoisotopic (exact) mass is 466 g/mol. The summed E-state index contributed by atoms with van der Waals surface area (Å²) in [6, 6.07) is 8.09. The van der Waals surface area contributed by atoms with Crippen LogP contribution >= 0.6 is 0 Å². The molecule has 5 fully saturated rings. The van der Waals surface area contributed by atoms with Crippen LogP contribution in [0, 0.1) is 0 Å². The average molecular weight is 467 g/mol. The predicted molar refractivity (Wildman–Crippen MR) is 127 cm³/mol. The Kier molecular flexibility index (Phi) is 5.60. The molecule has 3 aliphatic heterocycles. The van der Waals surface area contributed by atoms with E-state index >= 15 is 0 Å². The van der Waals surface area contributed by atoms with Gasteiger partial charge in [-0.3, -0.25) is 19.3 Å². The van der Waals surface area contributed by atoms with Crippen LogP contribution in [0.5, 0.6) is 0 Å². The molecule has 3 saturated heterocycles. The van der Waals surface area contributed by atoms with Crippen LogP contribution in [0.25, 0.3) is 0 Å². The number of anilines is 1. The minimum absolute atomic E-state index is 0.0242. The molecule has 3 heterocycles. The Balaban J connectivity index is 1.12. The third-order valence-corrected chi connectivity index (χ3v) is 8.46. The second-order valence-corrected chi connectivity index (χ2v) is 10.6. The normalized spacial score (nSPS) is 28.9. The molecule has 0 aromatic heterocycles. The average Bonchev–Trinajstić information content (AvgIpc) is 3.28. The van der Waals surface area contributed by atoms with Gasteiger partial charge < -0.3 is 19.9 Å². The maximum absolute atomic E-state index is 13.7. The first-order valence-corrected chi connectivity index (χ1v) is 12.9. The molecular weight excluding hydrogens is 432 g/mol. The number of likely N-dealkylation sites (tertiary alicyclic amines) is 1. The minimum atomic E-state index is -0.924. The van der Waals surface area contributed by atoms with E-state index in [2.05, 4.69) is 15.1 Å². The molecule has 0 unspecified atom stereocenters. The summed E-state index contributed by atoms with van der Waals surface area (Å²) in [5, 5.41) is 3.10. The molecule has 6 rings (SSSR count). The Labute approximate surface area is 200 Å². The number of benzene rings is 1. The molecule has 0 radical (unpaired) electrons. The van der Waals surface area contributed by atoms with Gasteiger partial charge in [0.25, 0.3) is 5.91 Å². The van der Waals surface area contributed by atoms with Crippen LogP contribution in [-0.2, 0) is 14.3 Å². The third kappa shape index (κ3) is 3.90. The standard InChI is InChI=1S/C26H34N4O4/c31-21-17-34-22-9-12-30(23(21)22)25(33)26(10-1-2-11-26)27-24(32)18-3-5-19(6-4-18)28-13-15-29(16-14-28)20-7-8-20/h3-6,20,22-23H,1-2,7-17H2,(H,27,32)/t22-,23-/m1/s1. The Bertz CT molecular complexity index is 962. The summed E-state index contributed by atoms with van der Waals surface area (Å²) in [4.78, 5) is 45.9. The summed E-state index contributed by atoms with van der Waals surface area (Å²) in [7, 11) is 0. The van der Waals surface area contributed by atoms with Crippen molar-refractivity contribution in [2.24, 2.45) is 0 Å². The fourth-order valence-electron chi connectivity index (χ4n) is 6.37. The Morgan fingerprint density at radius 3 is 2.32 bits per heavy atom. The molecule has 34 heavy (non-hydrogen) atoms. The first-order chi connectivity index (χ1) is 16.5. The highest BCUT2D eigenvalue weighted by Crippen LogP contribution is 2.36. The number of hydrogen-bond acceptors (Lipinski definition) is 6. The molecule has 2 saturated carbocycles. The molecule has 2 amide bonds. The molecule has 8 nitrogen and oxygen atoms in total. The molecule has 1 aromatic carbocycles. The van der Waals surface area contributed by atoms with Crippen molar-refractivity contribution in [3.05, 3.63) is 29.8 Å². The number of Topliss-reactive ketones (excluding diaryl/α,β-unsaturated/α-hetero) is 1. The second kappa shape index (κ2) is 8.64. The molecule has 2 aliphatic carbocycles. The van der Waals surface area contributed by atoms with Crippen molar-refractivity contribution in [2.45, 2.75) is 68.7 Å². The lowest BCUT2D eigenvalue weighted by atomic mass is 9.93. The van der Waals surface area contributed by atoms with Crippen LogP contribution in [0.1, 0.15) is 55.3 Å². The highest BCUT2D eigenvalue weighted by molar-refractivity contribution is 6.01. The summed E-state index contributed by atoms with van der Waals surface area (Å²) in [5.74, 6) is -0.358. The van der Waals surface area contributed by atoms with Gasteiger partial charge in [0.2, 0.25) is 5.91 Å². The molecule has 5 aliphatic rings. The van der Waals surface area contributed by atoms with E-state index in [0.717, 1.165) is 50.7 Å². The van der Waals surface area contributed by atoms with Gasteiger partial charge in [0, 0.05) is 50.0 Å². The van der Waals surface area contributed by atoms with Gasteiger partial charge in [-0.1, -0.05) is 12.8 Å². The van der Waals surface area contributed by atoms with Crippen molar-refractivity contribution < 1.29 is 19.1 Å². The summed E-state index contributed by atoms with van der Waals surface area (Å²) >= 11 is 0. The maximum Gasteiger partial charge on any atom is 0.252 e. The number of carbonyl (C=O) groups excluding carboxylic acids is 3. The largest absolute Gasteiger partial charge is 0.369 e. The van der Waals surface area contributed by atoms with Gasteiger partial charge >= 0.3 is 0 Å². The quantitative estimate of drug-likeness (QED) is 0.710. The molecule has 1 aromatic rings. The third-order valence-electron chi connectivity index (χ3n) is 8.46.